The first kappa shape index (κ1) is 14.6. The fourth-order valence-electron chi connectivity index (χ4n) is 2.91. The Bertz CT molecular complexity index is 631. The van der Waals surface area contributed by atoms with E-state index in [2.05, 4.69) is 5.32 Å². The molecule has 1 aromatic rings. The molecule has 2 saturated heterocycles. The van der Waals surface area contributed by atoms with Crippen molar-refractivity contribution in [1.82, 2.24) is 15.1 Å². The Morgan fingerprint density at radius 2 is 1.86 bits per heavy atom. The number of carbonyl (C=O) groups is 3. The number of amides is 2. The first-order chi connectivity index (χ1) is 10.5. The number of Topliss-reactive ketones (excluding diaryl/α,β-unsaturated/α-hetero) is 1. The van der Waals surface area contributed by atoms with Crippen molar-refractivity contribution in [2.75, 3.05) is 13.1 Å². The van der Waals surface area contributed by atoms with Gasteiger partial charge in [0.2, 0.25) is 11.7 Å². The number of ketones is 1. The molecular weight excluding hydrogens is 289 g/mol. The van der Waals surface area contributed by atoms with Crippen molar-refractivity contribution in [2.45, 2.75) is 25.7 Å². The lowest BCUT2D eigenvalue weighted by Crippen LogP contribution is -2.70. The molecule has 22 heavy (non-hydrogen) atoms. The second kappa shape index (κ2) is 5.49. The molecule has 1 aromatic carbocycles. The minimum Gasteiger partial charge on any atom is -0.335 e. The van der Waals surface area contributed by atoms with E-state index in [4.69, 9.17) is 0 Å². The van der Waals surface area contributed by atoms with Crippen molar-refractivity contribution in [3.63, 3.8) is 0 Å². The van der Waals surface area contributed by atoms with E-state index in [0.29, 0.717) is 19.6 Å². The fourth-order valence-corrected chi connectivity index (χ4v) is 2.91. The van der Waals surface area contributed by atoms with Gasteiger partial charge in [-0.25, -0.2) is 4.39 Å². The van der Waals surface area contributed by atoms with E-state index in [1.54, 1.807) is 24.0 Å². The van der Waals surface area contributed by atoms with Gasteiger partial charge in [-0.1, -0.05) is 12.1 Å². The number of benzene rings is 1. The maximum absolute atomic E-state index is 12.9. The molecule has 2 aliphatic rings. The van der Waals surface area contributed by atoms with Gasteiger partial charge in [0.15, 0.2) is 6.04 Å². The summed E-state index contributed by atoms with van der Waals surface area (Å²) in [6.07, 6.45) is -0.341. The van der Waals surface area contributed by atoms with Crippen LogP contribution in [0.15, 0.2) is 24.3 Å². The quantitative estimate of drug-likeness (QED) is 0.611. The lowest BCUT2D eigenvalue weighted by atomic mass is 10.0. The van der Waals surface area contributed by atoms with Crippen LogP contribution in [0.4, 0.5) is 4.39 Å². The Kier molecular flexibility index (Phi) is 3.66. The van der Waals surface area contributed by atoms with Gasteiger partial charge in [0.05, 0.1) is 6.17 Å². The highest BCUT2D eigenvalue weighted by molar-refractivity contribution is 6.42. The van der Waals surface area contributed by atoms with E-state index in [1.165, 1.54) is 17.0 Å². The molecule has 0 aliphatic carbocycles. The number of carbonyl (C=O) groups excluding carboxylic acids is 3. The third-order valence-electron chi connectivity index (χ3n) is 4.10. The van der Waals surface area contributed by atoms with Crippen LogP contribution in [0.5, 0.6) is 0 Å². The molecule has 6 nitrogen and oxygen atoms in total. The number of halogens is 1. The van der Waals surface area contributed by atoms with Crippen LogP contribution < -0.4 is 5.32 Å². The fraction of sp³-hybridized carbons (Fsp3) is 0.400. The molecule has 0 radical (unpaired) electrons. The largest absolute Gasteiger partial charge is 0.335 e. The molecule has 0 aromatic heterocycles. The summed E-state index contributed by atoms with van der Waals surface area (Å²) in [6, 6.07) is 4.83. The molecule has 2 atom stereocenters. The summed E-state index contributed by atoms with van der Waals surface area (Å²) < 4.78 is 12.9. The van der Waals surface area contributed by atoms with Gasteiger partial charge in [-0.05, 0) is 24.6 Å². The van der Waals surface area contributed by atoms with Crippen LogP contribution in [0.2, 0.25) is 0 Å². The van der Waals surface area contributed by atoms with Crippen molar-refractivity contribution >= 4 is 17.6 Å². The Morgan fingerprint density at radius 1 is 1.18 bits per heavy atom. The first-order valence-electron chi connectivity index (χ1n) is 7.11. The average molecular weight is 305 g/mol. The first-order valence-corrected chi connectivity index (χ1v) is 7.11. The Labute approximate surface area is 126 Å². The summed E-state index contributed by atoms with van der Waals surface area (Å²) in [4.78, 5) is 39.4. The molecule has 2 amide bonds. The van der Waals surface area contributed by atoms with E-state index in [0.717, 1.165) is 5.56 Å². The zero-order valence-electron chi connectivity index (χ0n) is 12.1. The molecule has 2 unspecified atom stereocenters. The topological polar surface area (TPSA) is 69.7 Å². The second-order valence-electron chi connectivity index (χ2n) is 5.54. The van der Waals surface area contributed by atoms with Gasteiger partial charge < -0.3 is 10.2 Å². The smallest absolute Gasteiger partial charge is 0.290 e. The van der Waals surface area contributed by atoms with Crippen LogP contribution in [0.3, 0.4) is 0 Å². The monoisotopic (exact) mass is 305 g/mol. The lowest BCUT2D eigenvalue weighted by Gasteiger charge is -2.45. The van der Waals surface area contributed by atoms with E-state index < -0.39 is 17.7 Å². The van der Waals surface area contributed by atoms with Gasteiger partial charge in [0.25, 0.3) is 5.91 Å². The summed E-state index contributed by atoms with van der Waals surface area (Å²) in [5.41, 5.74) is 0.781. The summed E-state index contributed by atoms with van der Waals surface area (Å²) in [7, 11) is 0. The molecule has 2 heterocycles. The van der Waals surface area contributed by atoms with Gasteiger partial charge in [-0.2, -0.15) is 0 Å². The zero-order chi connectivity index (χ0) is 15.9. The van der Waals surface area contributed by atoms with Crippen LogP contribution in [-0.4, -0.2) is 52.7 Å². The predicted octanol–water partition coefficient (Wildman–Crippen LogP) is -0.117. The minimum absolute atomic E-state index is 0.298. The molecule has 2 aliphatic heterocycles. The van der Waals surface area contributed by atoms with Gasteiger partial charge in [-0.3, -0.25) is 19.3 Å². The normalized spacial score (nSPS) is 25.9. The Balaban J connectivity index is 1.79. The molecule has 0 saturated carbocycles. The number of nitrogens with zero attached hydrogens (tertiary/aromatic N) is 2. The number of nitrogens with one attached hydrogen (secondary N) is 1. The summed E-state index contributed by atoms with van der Waals surface area (Å²) in [5.74, 6) is -2.15. The van der Waals surface area contributed by atoms with Gasteiger partial charge >= 0.3 is 0 Å². The van der Waals surface area contributed by atoms with Crippen LogP contribution in [0.25, 0.3) is 0 Å². The van der Waals surface area contributed by atoms with Crippen molar-refractivity contribution in [2.24, 2.45) is 0 Å². The minimum atomic E-state index is -1.04. The van der Waals surface area contributed by atoms with Crippen molar-refractivity contribution < 1.29 is 18.8 Å². The van der Waals surface area contributed by atoms with Crippen LogP contribution in [0, 0.1) is 5.82 Å². The third-order valence-corrected chi connectivity index (χ3v) is 4.10. The van der Waals surface area contributed by atoms with Crippen LogP contribution in [-0.2, 0) is 20.9 Å². The molecule has 3 rings (SSSR count). The summed E-state index contributed by atoms with van der Waals surface area (Å²) in [5, 5.41) is 2.54. The number of fused-ring (bicyclic) bond motifs is 1. The summed E-state index contributed by atoms with van der Waals surface area (Å²) in [6.45, 7) is 3.01. The average Bonchev–Trinajstić information content (AvgIpc) is 2.49. The predicted molar refractivity (Wildman–Crippen MR) is 74.9 cm³/mol. The number of hydrogen-bond donors (Lipinski definition) is 1. The number of piperazine rings is 1. The third kappa shape index (κ3) is 2.48. The maximum Gasteiger partial charge on any atom is 0.290 e. The maximum atomic E-state index is 12.9. The highest BCUT2D eigenvalue weighted by atomic mass is 19.1. The van der Waals surface area contributed by atoms with Crippen LogP contribution >= 0.6 is 0 Å². The molecular formula is C15H16FN3O3. The molecule has 7 heteroatoms. The zero-order valence-corrected chi connectivity index (χ0v) is 12.1. The molecule has 116 valence electrons. The van der Waals surface area contributed by atoms with Gasteiger partial charge in [0, 0.05) is 19.6 Å². The second-order valence-corrected chi connectivity index (χ2v) is 5.54. The number of rotatable bonds is 2. The number of hydrogen-bond acceptors (Lipinski definition) is 4. The molecule has 0 bridgehead atoms. The van der Waals surface area contributed by atoms with E-state index >= 15 is 0 Å². The van der Waals surface area contributed by atoms with Crippen molar-refractivity contribution in [3.05, 3.63) is 35.6 Å². The molecule has 1 N–H and O–H groups in total. The molecule has 0 spiro atoms. The van der Waals surface area contributed by atoms with Crippen molar-refractivity contribution in [3.8, 4) is 0 Å². The SMILES string of the molecule is CC1NC(=O)C(=O)C2C(=O)N(Cc3ccc(F)cc3)CCN12. The Hall–Kier alpha value is -2.28. The van der Waals surface area contributed by atoms with E-state index in [9.17, 15) is 18.8 Å². The highest BCUT2D eigenvalue weighted by Gasteiger charge is 2.47. The van der Waals surface area contributed by atoms with E-state index in [1.807, 2.05) is 0 Å². The van der Waals surface area contributed by atoms with Crippen molar-refractivity contribution in [1.29, 1.82) is 0 Å². The standard InChI is InChI=1S/C15H16FN3O3/c1-9-17-14(21)13(20)12-15(22)18(6-7-19(9)12)8-10-2-4-11(16)5-3-10/h2-5,9,12H,6-8H2,1H3,(H,17,21). The van der Waals surface area contributed by atoms with Crippen LogP contribution in [0.1, 0.15) is 12.5 Å². The van der Waals surface area contributed by atoms with Gasteiger partial charge in [-0.15, -0.1) is 0 Å². The van der Waals surface area contributed by atoms with Gasteiger partial charge in [0.1, 0.15) is 5.82 Å². The highest BCUT2D eigenvalue weighted by Crippen LogP contribution is 2.20. The van der Waals surface area contributed by atoms with E-state index in [-0.39, 0.29) is 17.9 Å². The lowest BCUT2D eigenvalue weighted by molar-refractivity contribution is -0.160. The molecule has 2 fully saturated rings. The Morgan fingerprint density at radius 3 is 2.55 bits per heavy atom. The summed E-state index contributed by atoms with van der Waals surface area (Å²) >= 11 is 0.